The molecule has 3 rings (SSSR count). The lowest BCUT2D eigenvalue weighted by atomic mass is 10.1. The molecule has 1 aliphatic carbocycles. The molecular formula is C20H21Cl2N3O2. The van der Waals surface area contributed by atoms with Gasteiger partial charge in [0.2, 0.25) is 5.91 Å². The first-order valence-electron chi connectivity index (χ1n) is 8.95. The number of para-hydroxylation sites is 1. The summed E-state index contributed by atoms with van der Waals surface area (Å²) >= 11 is 12.3. The number of hydrogen-bond acceptors (Lipinski definition) is 3. The van der Waals surface area contributed by atoms with E-state index in [1.54, 1.807) is 37.3 Å². The van der Waals surface area contributed by atoms with E-state index in [2.05, 4.69) is 15.6 Å². The predicted molar refractivity (Wildman–Crippen MR) is 107 cm³/mol. The molecule has 5 nitrogen and oxygen atoms in total. The molecule has 142 valence electrons. The molecule has 1 aromatic heterocycles. The molecule has 0 atom stereocenters. The molecule has 2 N–H and O–H groups in total. The number of aromatic nitrogens is 1. The number of carbonyl (C=O) groups excluding carboxylic acids is 2. The second kappa shape index (κ2) is 8.72. The largest absolute Gasteiger partial charge is 0.349 e. The van der Waals surface area contributed by atoms with Crippen LogP contribution in [0.4, 0.5) is 5.69 Å². The van der Waals surface area contributed by atoms with Crippen LogP contribution in [-0.2, 0) is 11.2 Å². The Morgan fingerprint density at radius 1 is 1.19 bits per heavy atom. The first-order valence-corrected chi connectivity index (χ1v) is 9.71. The van der Waals surface area contributed by atoms with Gasteiger partial charge in [0, 0.05) is 22.3 Å². The Labute approximate surface area is 168 Å². The van der Waals surface area contributed by atoms with Crippen LogP contribution in [0.5, 0.6) is 0 Å². The molecule has 0 spiro atoms. The number of benzene rings is 1. The number of pyridine rings is 1. The SMILES string of the molecule is Cc1cc(Cl)c(CC(=O)Nc2ccccc2C(=O)NC2CCCC2)c(Cl)n1. The van der Waals surface area contributed by atoms with Crippen molar-refractivity contribution in [3.05, 3.63) is 57.3 Å². The molecular weight excluding hydrogens is 385 g/mol. The molecule has 0 unspecified atom stereocenters. The van der Waals surface area contributed by atoms with E-state index in [4.69, 9.17) is 23.2 Å². The van der Waals surface area contributed by atoms with E-state index >= 15 is 0 Å². The van der Waals surface area contributed by atoms with Crippen LogP contribution in [-0.4, -0.2) is 22.8 Å². The van der Waals surface area contributed by atoms with Gasteiger partial charge in [-0.2, -0.15) is 0 Å². The van der Waals surface area contributed by atoms with Gasteiger partial charge in [0.1, 0.15) is 5.15 Å². The van der Waals surface area contributed by atoms with Gasteiger partial charge in [-0.15, -0.1) is 0 Å². The first kappa shape index (κ1) is 19.6. The number of carbonyl (C=O) groups is 2. The topological polar surface area (TPSA) is 71.1 Å². The maximum atomic E-state index is 12.6. The van der Waals surface area contributed by atoms with Crippen LogP contribution in [0.3, 0.4) is 0 Å². The molecule has 2 amide bonds. The molecule has 0 radical (unpaired) electrons. The summed E-state index contributed by atoms with van der Waals surface area (Å²) in [5.41, 5.74) is 2.06. The van der Waals surface area contributed by atoms with Crippen molar-refractivity contribution in [1.29, 1.82) is 0 Å². The maximum Gasteiger partial charge on any atom is 0.253 e. The standard InChI is InChI=1S/C20H21Cl2N3O2/c1-12-10-16(21)15(19(22)23-12)11-18(26)25-17-9-5-4-8-14(17)20(27)24-13-6-2-3-7-13/h4-5,8-10,13H,2-3,6-7,11H2,1H3,(H,24,27)(H,25,26). The van der Waals surface area contributed by atoms with Crippen molar-refractivity contribution >= 4 is 40.7 Å². The molecule has 1 aliphatic rings. The monoisotopic (exact) mass is 405 g/mol. The van der Waals surface area contributed by atoms with Gasteiger partial charge in [-0.05, 0) is 38.0 Å². The average molecular weight is 406 g/mol. The number of nitrogens with zero attached hydrogens (tertiary/aromatic N) is 1. The molecule has 27 heavy (non-hydrogen) atoms. The van der Waals surface area contributed by atoms with Gasteiger partial charge in [-0.3, -0.25) is 9.59 Å². The summed E-state index contributed by atoms with van der Waals surface area (Å²) in [7, 11) is 0. The van der Waals surface area contributed by atoms with Gasteiger partial charge >= 0.3 is 0 Å². The van der Waals surface area contributed by atoms with Gasteiger partial charge in [-0.25, -0.2) is 4.98 Å². The lowest BCUT2D eigenvalue weighted by molar-refractivity contribution is -0.115. The highest BCUT2D eigenvalue weighted by Crippen LogP contribution is 2.25. The fraction of sp³-hybridized carbons (Fsp3) is 0.350. The van der Waals surface area contributed by atoms with Crippen LogP contribution in [0.25, 0.3) is 0 Å². The second-order valence-electron chi connectivity index (χ2n) is 6.74. The van der Waals surface area contributed by atoms with E-state index in [1.165, 1.54) is 0 Å². The van der Waals surface area contributed by atoms with E-state index in [9.17, 15) is 9.59 Å². The number of nitrogens with one attached hydrogen (secondary N) is 2. The van der Waals surface area contributed by atoms with Gasteiger partial charge in [0.15, 0.2) is 0 Å². The van der Waals surface area contributed by atoms with Crippen molar-refractivity contribution in [3.8, 4) is 0 Å². The fourth-order valence-electron chi connectivity index (χ4n) is 3.26. The van der Waals surface area contributed by atoms with Crippen molar-refractivity contribution in [2.75, 3.05) is 5.32 Å². The molecule has 2 aromatic rings. The Bertz CT molecular complexity index is 841. The first-order chi connectivity index (χ1) is 12.9. The van der Waals surface area contributed by atoms with Crippen molar-refractivity contribution in [2.45, 2.75) is 45.1 Å². The van der Waals surface area contributed by atoms with Crippen LogP contribution in [0.15, 0.2) is 30.3 Å². The number of hydrogen-bond donors (Lipinski definition) is 2. The molecule has 1 saturated carbocycles. The third-order valence-electron chi connectivity index (χ3n) is 4.62. The maximum absolute atomic E-state index is 12.6. The molecule has 0 aliphatic heterocycles. The lowest BCUT2D eigenvalue weighted by Gasteiger charge is -2.15. The molecule has 1 heterocycles. The number of halogens is 2. The summed E-state index contributed by atoms with van der Waals surface area (Å²) in [6.45, 7) is 1.78. The van der Waals surface area contributed by atoms with Crippen LogP contribution < -0.4 is 10.6 Å². The summed E-state index contributed by atoms with van der Waals surface area (Å²) in [5, 5.41) is 6.44. The molecule has 0 saturated heterocycles. The zero-order valence-electron chi connectivity index (χ0n) is 15.0. The van der Waals surface area contributed by atoms with Gasteiger partial charge in [0.25, 0.3) is 5.91 Å². The molecule has 7 heteroatoms. The minimum atomic E-state index is -0.314. The second-order valence-corrected chi connectivity index (χ2v) is 7.51. The van der Waals surface area contributed by atoms with Crippen LogP contribution in [0.2, 0.25) is 10.2 Å². The van der Waals surface area contributed by atoms with Gasteiger partial charge in [0.05, 0.1) is 17.7 Å². The van der Waals surface area contributed by atoms with E-state index in [-0.39, 0.29) is 29.4 Å². The highest BCUT2D eigenvalue weighted by molar-refractivity contribution is 6.35. The van der Waals surface area contributed by atoms with Crippen LogP contribution >= 0.6 is 23.2 Å². The van der Waals surface area contributed by atoms with Crippen molar-refractivity contribution < 1.29 is 9.59 Å². The Balaban J connectivity index is 1.72. The number of rotatable bonds is 5. The minimum absolute atomic E-state index is 0.0243. The summed E-state index contributed by atoms with van der Waals surface area (Å²) in [4.78, 5) is 29.2. The number of aryl methyl sites for hydroxylation is 1. The highest BCUT2D eigenvalue weighted by atomic mass is 35.5. The Morgan fingerprint density at radius 2 is 1.89 bits per heavy atom. The normalized spacial score (nSPS) is 14.2. The zero-order valence-corrected chi connectivity index (χ0v) is 16.5. The molecule has 0 bridgehead atoms. The van der Waals surface area contributed by atoms with E-state index < -0.39 is 0 Å². The summed E-state index contributed by atoms with van der Waals surface area (Å²) < 4.78 is 0. The van der Waals surface area contributed by atoms with Crippen LogP contribution in [0.1, 0.15) is 47.3 Å². The molecule has 1 aromatic carbocycles. The Kier molecular flexibility index (Phi) is 6.34. The summed E-state index contributed by atoms with van der Waals surface area (Å²) in [6, 6.07) is 8.83. The fourth-order valence-corrected chi connectivity index (χ4v) is 3.92. The third kappa shape index (κ3) is 4.99. The van der Waals surface area contributed by atoms with E-state index in [0.29, 0.717) is 27.5 Å². The lowest BCUT2D eigenvalue weighted by Crippen LogP contribution is -2.33. The van der Waals surface area contributed by atoms with E-state index in [1.807, 2.05) is 0 Å². The predicted octanol–water partition coefficient (Wildman–Crippen LogP) is 4.55. The smallest absolute Gasteiger partial charge is 0.253 e. The van der Waals surface area contributed by atoms with Crippen molar-refractivity contribution in [1.82, 2.24) is 10.3 Å². The zero-order chi connectivity index (χ0) is 19.4. The van der Waals surface area contributed by atoms with Crippen molar-refractivity contribution in [2.24, 2.45) is 0 Å². The number of anilines is 1. The quantitative estimate of drug-likeness (QED) is 0.716. The Morgan fingerprint density at radius 3 is 2.59 bits per heavy atom. The third-order valence-corrected chi connectivity index (χ3v) is 5.27. The molecule has 1 fully saturated rings. The van der Waals surface area contributed by atoms with Gasteiger partial charge < -0.3 is 10.6 Å². The Hall–Kier alpha value is -2.11. The summed E-state index contributed by atoms with van der Waals surface area (Å²) in [5.74, 6) is -0.489. The van der Waals surface area contributed by atoms with E-state index in [0.717, 1.165) is 25.7 Å². The van der Waals surface area contributed by atoms with Gasteiger partial charge in [-0.1, -0.05) is 48.2 Å². The summed E-state index contributed by atoms with van der Waals surface area (Å²) in [6.07, 6.45) is 4.24. The average Bonchev–Trinajstić information content (AvgIpc) is 3.11. The minimum Gasteiger partial charge on any atom is -0.349 e. The highest BCUT2D eigenvalue weighted by Gasteiger charge is 2.20. The number of amides is 2. The van der Waals surface area contributed by atoms with Crippen molar-refractivity contribution in [3.63, 3.8) is 0 Å². The van der Waals surface area contributed by atoms with Crippen LogP contribution in [0, 0.1) is 6.92 Å².